The molecule has 0 aliphatic carbocycles. The summed E-state index contributed by atoms with van der Waals surface area (Å²) in [6.45, 7) is 2.40. The first-order valence-electron chi connectivity index (χ1n) is 10.6. The molecule has 32 heavy (non-hydrogen) atoms. The monoisotopic (exact) mass is 435 g/mol. The van der Waals surface area contributed by atoms with Crippen molar-refractivity contribution in [2.75, 3.05) is 18.5 Å². The Hall–Kier alpha value is -3.11. The minimum absolute atomic E-state index is 0.216. The SMILES string of the molecule is C[C@H](CNc1ncnc2c1ncn2[C@@H]1O[C@H](CO)[C@@H](O)[C@H]1O)c1cccc2ccccc12. The van der Waals surface area contributed by atoms with Gasteiger partial charge in [0, 0.05) is 6.54 Å². The van der Waals surface area contributed by atoms with Gasteiger partial charge < -0.3 is 25.4 Å². The standard InChI is InChI=1S/C23H25N5O4/c1-13(15-8-4-6-14-5-2-3-7-16(14)15)9-24-21-18-22(26-11-25-21)28(12-27-18)23-20(31)19(30)17(10-29)32-23/h2-8,11-13,17,19-20,23,29-31H,9-10H2,1H3,(H,24,25,26)/t13-,17-,19-,20-,23-/m1/s1. The fraction of sp³-hybridized carbons (Fsp3) is 0.348. The minimum atomic E-state index is -1.21. The summed E-state index contributed by atoms with van der Waals surface area (Å²) >= 11 is 0. The normalized spacial score (nSPS) is 24.2. The van der Waals surface area contributed by atoms with Gasteiger partial charge in [0.25, 0.3) is 0 Å². The van der Waals surface area contributed by atoms with Crippen LogP contribution in [0.1, 0.15) is 24.6 Å². The molecule has 0 saturated carbocycles. The molecule has 4 aromatic rings. The lowest BCUT2D eigenvalue weighted by Gasteiger charge is -2.17. The van der Waals surface area contributed by atoms with Crippen molar-refractivity contribution in [2.24, 2.45) is 0 Å². The molecule has 1 fully saturated rings. The van der Waals surface area contributed by atoms with Crippen LogP contribution in [0.25, 0.3) is 21.9 Å². The number of ether oxygens (including phenoxy) is 1. The van der Waals surface area contributed by atoms with Gasteiger partial charge in [-0.05, 0) is 22.3 Å². The van der Waals surface area contributed by atoms with Crippen LogP contribution in [0.3, 0.4) is 0 Å². The number of anilines is 1. The van der Waals surface area contributed by atoms with Gasteiger partial charge in [0.1, 0.15) is 24.6 Å². The molecule has 9 heteroatoms. The highest BCUT2D eigenvalue weighted by atomic mass is 16.6. The Kier molecular flexibility index (Phi) is 5.48. The number of nitrogens with one attached hydrogen (secondary N) is 1. The Labute approximate surface area is 184 Å². The maximum atomic E-state index is 10.4. The molecule has 1 aliphatic heterocycles. The average Bonchev–Trinajstić information content (AvgIpc) is 3.38. The number of rotatable bonds is 6. The van der Waals surface area contributed by atoms with Crippen LogP contribution in [0.15, 0.2) is 55.1 Å². The lowest BCUT2D eigenvalue weighted by molar-refractivity contribution is -0.0511. The van der Waals surface area contributed by atoms with Crippen molar-refractivity contribution in [3.05, 3.63) is 60.7 Å². The van der Waals surface area contributed by atoms with Gasteiger partial charge in [0.15, 0.2) is 23.2 Å². The lowest BCUT2D eigenvalue weighted by atomic mass is 9.95. The number of imidazole rings is 1. The van der Waals surface area contributed by atoms with Gasteiger partial charge in [-0.3, -0.25) is 4.57 Å². The van der Waals surface area contributed by atoms with Gasteiger partial charge in [0.2, 0.25) is 0 Å². The van der Waals surface area contributed by atoms with E-state index in [-0.39, 0.29) is 5.92 Å². The Morgan fingerprint density at radius 1 is 1.06 bits per heavy atom. The zero-order valence-corrected chi connectivity index (χ0v) is 17.5. The van der Waals surface area contributed by atoms with E-state index in [9.17, 15) is 15.3 Å². The van der Waals surface area contributed by atoms with Crippen molar-refractivity contribution in [3.8, 4) is 0 Å². The molecule has 1 saturated heterocycles. The van der Waals surface area contributed by atoms with Crippen LogP contribution >= 0.6 is 0 Å². The Bertz CT molecular complexity index is 1240. The third kappa shape index (κ3) is 3.49. The second-order valence-electron chi connectivity index (χ2n) is 8.13. The molecule has 0 spiro atoms. The molecular formula is C23H25N5O4. The van der Waals surface area contributed by atoms with Crippen molar-refractivity contribution in [1.82, 2.24) is 19.5 Å². The molecule has 9 nitrogen and oxygen atoms in total. The number of hydrogen-bond donors (Lipinski definition) is 4. The maximum Gasteiger partial charge on any atom is 0.167 e. The van der Waals surface area contributed by atoms with Gasteiger partial charge in [-0.25, -0.2) is 15.0 Å². The quantitative estimate of drug-likeness (QED) is 0.361. The molecule has 166 valence electrons. The van der Waals surface area contributed by atoms with Crippen LogP contribution in [0, 0.1) is 0 Å². The van der Waals surface area contributed by atoms with Crippen molar-refractivity contribution >= 4 is 27.8 Å². The highest BCUT2D eigenvalue weighted by Gasteiger charge is 2.44. The summed E-state index contributed by atoms with van der Waals surface area (Å²) in [6.07, 6.45) is -1.24. The van der Waals surface area contributed by atoms with Crippen LogP contribution in [-0.2, 0) is 4.74 Å². The van der Waals surface area contributed by atoms with Crippen molar-refractivity contribution in [3.63, 3.8) is 0 Å². The van der Waals surface area contributed by atoms with E-state index in [0.29, 0.717) is 23.5 Å². The summed E-state index contributed by atoms with van der Waals surface area (Å²) in [5, 5.41) is 35.6. The first kappa shape index (κ1) is 20.8. The van der Waals surface area contributed by atoms with E-state index in [1.165, 1.54) is 29.0 Å². The summed E-state index contributed by atoms with van der Waals surface area (Å²) < 4.78 is 7.17. The Morgan fingerprint density at radius 2 is 1.88 bits per heavy atom. The highest BCUT2D eigenvalue weighted by molar-refractivity contribution is 5.86. The molecular weight excluding hydrogens is 410 g/mol. The third-order valence-electron chi connectivity index (χ3n) is 6.08. The lowest BCUT2D eigenvalue weighted by Crippen LogP contribution is -2.33. The molecule has 2 aromatic carbocycles. The maximum absolute atomic E-state index is 10.4. The fourth-order valence-electron chi connectivity index (χ4n) is 4.32. The summed E-state index contributed by atoms with van der Waals surface area (Å²) in [7, 11) is 0. The zero-order chi connectivity index (χ0) is 22.2. The largest absolute Gasteiger partial charge is 0.394 e. The van der Waals surface area contributed by atoms with Crippen LogP contribution < -0.4 is 5.32 Å². The van der Waals surface area contributed by atoms with Crippen molar-refractivity contribution in [2.45, 2.75) is 37.4 Å². The van der Waals surface area contributed by atoms with Gasteiger partial charge in [-0.2, -0.15) is 0 Å². The van der Waals surface area contributed by atoms with Crippen LogP contribution in [0.4, 0.5) is 5.82 Å². The highest BCUT2D eigenvalue weighted by Crippen LogP contribution is 2.32. The van der Waals surface area contributed by atoms with E-state index < -0.39 is 31.1 Å². The van der Waals surface area contributed by atoms with E-state index in [0.717, 1.165) is 0 Å². The van der Waals surface area contributed by atoms with E-state index >= 15 is 0 Å². The van der Waals surface area contributed by atoms with Gasteiger partial charge >= 0.3 is 0 Å². The Balaban J connectivity index is 1.39. The summed E-state index contributed by atoms with van der Waals surface area (Å²) in [5.41, 5.74) is 2.25. The molecule has 5 atom stereocenters. The molecule has 0 bridgehead atoms. The van der Waals surface area contributed by atoms with Gasteiger partial charge in [0.05, 0.1) is 12.9 Å². The van der Waals surface area contributed by atoms with E-state index in [1.807, 2.05) is 12.1 Å². The third-order valence-corrected chi connectivity index (χ3v) is 6.08. The average molecular weight is 435 g/mol. The summed E-state index contributed by atoms with van der Waals surface area (Å²) in [4.78, 5) is 13.1. The number of fused-ring (bicyclic) bond motifs is 2. The number of aromatic nitrogens is 4. The molecule has 0 amide bonds. The molecule has 1 aliphatic rings. The smallest absolute Gasteiger partial charge is 0.167 e. The Morgan fingerprint density at radius 3 is 2.69 bits per heavy atom. The van der Waals surface area contributed by atoms with Gasteiger partial charge in [-0.15, -0.1) is 0 Å². The predicted octanol–water partition coefficient (Wildman–Crippen LogP) is 1.81. The van der Waals surface area contributed by atoms with Crippen LogP contribution in [0.2, 0.25) is 0 Å². The first-order chi connectivity index (χ1) is 15.6. The van der Waals surface area contributed by atoms with Crippen LogP contribution in [0.5, 0.6) is 0 Å². The second-order valence-corrected chi connectivity index (χ2v) is 8.13. The summed E-state index contributed by atoms with van der Waals surface area (Å²) in [6, 6.07) is 14.6. The van der Waals surface area contributed by atoms with Gasteiger partial charge in [-0.1, -0.05) is 49.4 Å². The van der Waals surface area contributed by atoms with Crippen LogP contribution in [-0.4, -0.2) is 66.3 Å². The first-order valence-corrected chi connectivity index (χ1v) is 10.6. The number of aliphatic hydroxyl groups excluding tert-OH is 3. The van der Waals surface area contributed by atoms with Crippen molar-refractivity contribution < 1.29 is 20.1 Å². The number of hydrogen-bond acceptors (Lipinski definition) is 8. The second kappa shape index (κ2) is 8.44. The molecule has 3 heterocycles. The predicted molar refractivity (Wildman–Crippen MR) is 119 cm³/mol. The number of benzene rings is 2. The van der Waals surface area contributed by atoms with E-state index in [4.69, 9.17) is 4.74 Å². The molecule has 0 unspecified atom stereocenters. The molecule has 0 radical (unpaired) electrons. The topological polar surface area (TPSA) is 126 Å². The molecule has 5 rings (SSSR count). The summed E-state index contributed by atoms with van der Waals surface area (Å²) in [5.74, 6) is 0.793. The molecule has 4 N–H and O–H groups in total. The van der Waals surface area contributed by atoms with E-state index in [1.54, 1.807) is 4.57 Å². The minimum Gasteiger partial charge on any atom is -0.394 e. The molecule has 2 aromatic heterocycles. The van der Waals surface area contributed by atoms with Crippen molar-refractivity contribution in [1.29, 1.82) is 0 Å². The van der Waals surface area contributed by atoms with E-state index in [2.05, 4.69) is 57.5 Å². The fourth-order valence-corrected chi connectivity index (χ4v) is 4.32. The number of nitrogens with zero attached hydrogens (tertiary/aromatic N) is 4. The number of aliphatic hydroxyl groups is 3. The zero-order valence-electron chi connectivity index (χ0n) is 17.5.